The molecule has 2 aliphatic rings. The fraction of sp³-hybridized carbons (Fsp3) is 0.650. The Morgan fingerprint density at radius 3 is 2.70 bits per heavy atom. The molecule has 7 nitrogen and oxygen atoms in total. The third-order valence-corrected chi connectivity index (χ3v) is 4.89. The zero-order valence-electron chi connectivity index (χ0n) is 15.8. The highest BCUT2D eigenvalue weighted by Crippen LogP contribution is 2.37. The van der Waals surface area contributed by atoms with E-state index in [1.807, 2.05) is 37.3 Å². The first-order valence-electron chi connectivity index (χ1n) is 9.52. The molecule has 7 heteroatoms. The van der Waals surface area contributed by atoms with Crippen molar-refractivity contribution in [2.75, 3.05) is 19.8 Å². The zero-order chi connectivity index (χ0) is 19.2. The van der Waals surface area contributed by atoms with Crippen molar-refractivity contribution in [1.82, 2.24) is 0 Å². The summed E-state index contributed by atoms with van der Waals surface area (Å²) in [6, 6.07) is 9.63. The van der Waals surface area contributed by atoms with Crippen LogP contribution >= 0.6 is 0 Å². The van der Waals surface area contributed by atoms with Gasteiger partial charge in [-0.25, -0.2) is 4.79 Å². The maximum atomic E-state index is 11.0. The summed E-state index contributed by atoms with van der Waals surface area (Å²) < 4.78 is 29.6. The van der Waals surface area contributed by atoms with Crippen LogP contribution in [-0.2, 0) is 28.5 Å². The first kappa shape index (κ1) is 20.2. The van der Waals surface area contributed by atoms with Crippen molar-refractivity contribution in [2.24, 2.45) is 5.92 Å². The van der Waals surface area contributed by atoms with E-state index in [-0.39, 0.29) is 18.6 Å². The Morgan fingerprint density at radius 1 is 1.22 bits per heavy atom. The van der Waals surface area contributed by atoms with Gasteiger partial charge in [-0.05, 0) is 6.42 Å². The minimum absolute atomic E-state index is 0.169. The highest BCUT2D eigenvalue weighted by atomic mass is 16.7. The molecule has 1 aromatic carbocycles. The zero-order valence-corrected chi connectivity index (χ0v) is 15.8. The number of carbonyl (C=O) groups is 1. The molecular formula is C20H28O7. The van der Waals surface area contributed by atoms with E-state index in [4.69, 9.17) is 28.8 Å². The second kappa shape index (κ2) is 9.61. The second-order valence-electron chi connectivity index (χ2n) is 6.97. The number of ether oxygens (including phenoxy) is 5. The molecule has 27 heavy (non-hydrogen) atoms. The van der Waals surface area contributed by atoms with Gasteiger partial charge in [0.25, 0.3) is 0 Å². The Labute approximate surface area is 159 Å². The van der Waals surface area contributed by atoms with Crippen LogP contribution in [0.1, 0.15) is 38.5 Å². The minimum Gasteiger partial charge on any atom is -0.480 e. The largest absolute Gasteiger partial charge is 0.480 e. The Balaban J connectivity index is 1.72. The van der Waals surface area contributed by atoms with Gasteiger partial charge < -0.3 is 28.8 Å². The highest BCUT2D eigenvalue weighted by molar-refractivity contribution is 5.68. The molecule has 3 unspecified atom stereocenters. The normalized spacial score (nSPS) is 33.4. The Kier molecular flexibility index (Phi) is 7.20. The van der Waals surface area contributed by atoms with Crippen LogP contribution in [0.2, 0.25) is 0 Å². The molecule has 1 aromatic rings. The fourth-order valence-corrected chi connectivity index (χ4v) is 3.44. The number of fused-ring (bicyclic) bond motifs is 1. The Morgan fingerprint density at radius 2 is 2.00 bits per heavy atom. The van der Waals surface area contributed by atoms with E-state index < -0.39 is 30.8 Å². The Bertz CT molecular complexity index is 593. The van der Waals surface area contributed by atoms with Gasteiger partial charge in [0, 0.05) is 18.1 Å². The van der Waals surface area contributed by atoms with E-state index in [1.165, 1.54) is 0 Å². The van der Waals surface area contributed by atoms with Gasteiger partial charge in [0.1, 0.15) is 18.8 Å². The summed E-state index contributed by atoms with van der Waals surface area (Å²) in [7, 11) is 0. The molecule has 150 valence electrons. The van der Waals surface area contributed by atoms with E-state index in [2.05, 4.69) is 6.92 Å². The minimum atomic E-state index is -1.01. The predicted molar refractivity (Wildman–Crippen MR) is 96.1 cm³/mol. The lowest BCUT2D eigenvalue weighted by molar-refractivity contribution is -0.355. The summed E-state index contributed by atoms with van der Waals surface area (Å²) in [5.41, 5.74) is 0.905. The lowest BCUT2D eigenvalue weighted by Gasteiger charge is -2.48. The maximum Gasteiger partial charge on any atom is 0.329 e. The number of aliphatic carboxylic acids is 1. The number of unbranched alkanes of at least 4 members (excludes halogenated alkanes) is 1. The number of hydrogen-bond acceptors (Lipinski definition) is 6. The molecule has 0 aromatic heterocycles. The summed E-state index contributed by atoms with van der Waals surface area (Å²) in [4.78, 5) is 11.0. The third-order valence-electron chi connectivity index (χ3n) is 4.89. The fourth-order valence-electron chi connectivity index (χ4n) is 3.44. The summed E-state index contributed by atoms with van der Waals surface area (Å²) in [6.45, 7) is 4.56. The molecule has 3 rings (SSSR count). The molecule has 0 saturated carbocycles. The lowest BCUT2D eigenvalue weighted by atomic mass is 9.91. The molecule has 0 spiro atoms. The quantitative estimate of drug-likeness (QED) is 0.694. The van der Waals surface area contributed by atoms with Gasteiger partial charge in [0.2, 0.25) is 0 Å². The molecule has 0 radical (unpaired) electrons. The van der Waals surface area contributed by atoms with Crippen molar-refractivity contribution in [3.63, 3.8) is 0 Å². The van der Waals surface area contributed by atoms with Crippen LogP contribution in [0, 0.1) is 5.92 Å². The first-order chi connectivity index (χ1) is 13.1. The molecule has 1 N–H and O–H groups in total. The van der Waals surface area contributed by atoms with Crippen molar-refractivity contribution in [2.45, 2.75) is 57.6 Å². The van der Waals surface area contributed by atoms with Gasteiger partial charge in [-0.15, -0.1) is 0 Å². The first-order valence-corrected chi connectivity index (χ1v) is 9.52. The molecule has 0 bridgehead atoms. The molecular weight excluding hydrogens is 352 g/mol. The van der Waals surface area contributed by atoms with Crippen LogP contribution in [0.3, 0.4) is 0 Å². The van der Waals surface area contributed by atoms with Crippen molar-refractivity contribution >= 4 is 5.97 Å². The van der Waals surface area contributed by atoms with Gasteiger partial charge in [-0.3, -0.25) is 0 Å². The predicted octanol–water partition coefficient (Wildman–Crippen LogP) is 2.75. The van der Waals surface area contributed by atoms with E-state index in [0.717, 1.165) is 18.4 Å². The van der Waals surface area contributed by atoms with Crippen molar-refractivity contribution in [3.05, 3.63) is 35.9 Å². The second-order valence-corrected chi connectivity index (χ2v) is 6.97. The summed E-state index contributed by atoms with van der Waals surface area (Å²) in [5, 5.41) is 9.04. The van der Waals surface area contributed by atoms with Crippen LogP contribution < -0.4 is 0 Å². The van der Waals surface area contributed by atoms with Gasteiger partial charge in [-0.2, -0.15) is 0 Å². The van der Waals surface area contributed by atoms with E-state index in [0.29, 0.717) is 13.2 Å². The topological polar surface area (TPSA) is 83.5 Å². The van der Waals surface area contributed by atoms with Crippen molar-refractivity contribution < 1.29 is 33.6 Å². The smallest absolute Gasteiger partial charge is 0.329 e. The summed E-state index contributed by atoms with van der Waals surface area (Å²) in [5.74, 6) is -1.18. The van der Waals surface area contributed by atoms with Gasteiger partial charge in [0.05, 0.1) is 12.7 Å². The van der Waals surface area contributed by atoms with Crippen LogP contribution in [0.25, 0.3) is 0 Å². The molecule has 2 aliphatic heterocycles. The molecule has 2 heterocycles. The molecule has 2 fully saturated rings. The SMILES string of the molecule is CCCCO[C@H]1OC2COC(c3ccccc3)O[C@H]2[C@H](OCC(=O)O)C1C. The number of carboxylic acid groups (broad SMARTS) is 1. The number of rotatable bonds is 8. The summed E-state index contributed by atoms with van der Waals surface area (Å²) >= 11 is 0. The summed E-state index contributed by atoms with van der Waals surface area (Å²) in [6.07, 6.45) is -0.298. The third kappa shape index (κ3) is 5.06. The van der Waals surface area contributed by atoms with E-state index in [1.54, 1.807) is 0 Å². The van der Waals surface area contributed by atoms with E-state index in [9.17, 15) is 4.79 Å². The monoisotopic (exact) mass is 380 g/mol. The van der Waals surface area contributed by atoms with Gasteiger partial charge in [0.15, 0.2) is 12.6 Å². The molecule has 2 saturated heterocycles. The number of benzene rings is 1. The maximum absolute atomic E-state index is 11.0. The van der Waals surface area contributed by atoms with Crippen LogP contribution in [0.4, 0.5) is 0 Å². The average molecular weight is 380 g/mol. The molecule has 6 atom stereocenters. The van der Waals surface area contributed by atoms with Crippen molar-refractivity contribution in [3.8, 4) is 0 Å². The van der Waals surface area contributed by atoms with Gasteiger partial charge >= 0.3 is 5.97 Å². The molecule has 0 amide bonds. The standard InChI is InChI=1S/C20H28O7/c1-3-4-10-23-19-13(2)17(24-12-16(21)22)18-15(26-19)11-25-20(27-18)14-8-6-5-7-9-14/h5-9,13,15,17-20H,3-4,10-12H2,1-2H3,(H,21,22)/t13?,15?,17-,18-,19+,20?/m1/s1. The van der Waals surface area contributed by atoms with E-state index >= 15 is 0 Å². The number of carboxylic acids is 1. The average Bonchev–Trinajstić information content (AvgIpc) is 2.68. The number of hydrogen-bond donors (Lipinski definition) is 1. The lowest BCUT2D eigenvalue weighted by Crippen LogP contribution is -2.60. The Hall–Kier alpha value is -1.51. The molecule has 0 aliphatic carbocycles. The van der Waals surface area contributed by atoms with Crippen LogP contribution in [-0.4, -0.2) is 55.5 Å². The van der Waals surface area contributed by atoms with Gasteiger partial charge in [-0.1, -0.05) is 50.6 Å². The van der Waals surface area contributed by atoms with Crippen LogP contribution in [0.15, 0.2) is 30.3 Å². The van der Waals surface area contributed by atoms with Crippen LogP contribution in [0.5, 0.6) is 0 Å². The van der Waals surface area contributed by atoms with Crippen molar-refractivity contribution in [1.29, 1.82) is 0 Å². The highest BCUT2D eigenvalue weighted by Gasteiger charge is 2.49.